The average Bonchev–Trinajstić information content (AvgIpc) is 2.83. The fourth-order valence-electron chi connectivity index (χ4n) is 2.34. The summed E-state index contributed by atoms with van der Waals surface area (Å²) in [6.07, 6.45) is 0. The van der Waals surface area contributed by atoms with Crippen molar-refractivity contribution in [3.63, 3.8) is 0 Å². The predicted molar refractivity (Wildman–Crippen MR) is 95.8 cm³/mol. The first-order valence-electron chi connectivity index (χ1n) is 6.97. The van der Waals surface area contributed by atoms with Gasteiger partial charge in [-0.3, -0.25) is 13.9 Å². The molecule has 6 nitrogen and oxygen atoms in total. The van der Waals surface area contributed by atoms with E-state index in [9.17, 15) is 13.2 Å². The largest absolute Gasteiger partial charge is 0.279 e. The van der Waals surface area contributed by atoms with Gasteiger partial charge >= 0.3 is 0 Å². The summed E-state index contributed by atoms with van der Waals surface area (Å²) in [5.41, 5.74) is 1.31. The minimum Gasteiger partial charge on any atom is -0.279 e. The van der Waals surface area contributed by atoms with Crippen LogP contribution in [0.2, 0.25) is 5.02 Å². The number of aryl methyl sites for hydroxylation is 3. The van der Waals surface area contributed by atoms with Gasteiger partial charge in [0.2, 0.25) is 0 Å². The van der Waals surface area contributed by atoms with Gasteiger partial charge in [-0.25, -0.2) is 13.4 Å². The first-order chi connectivity index (χ1) is 11.2. The molecule has 0 spiro atoms. The van der Waals surface area contributed by atoms with Crippen LogP contribution in [0.25, 0.3) is 4.96 Å². The van der Waals surface area contributed by atoms with Crippen LogP contribution in [-0.2, 0) is 10.0 Å². The quantitative estimate of drug-likeness (QED) is 0.753. The van der Waals surface area contributed by atoms with Gasteiger partial charge in [-0.05, 0) is 38.5 Å². The number of hydrogen-bond donors (Lipinski definition) is 1. The fraction of sp³-hybridized carbons (Fsp3) is 0.200. The lowest BCUT2D eigenvalue weighted by atomic mass is 10.2. The molecule has 24 heavy (non-hydrogen) atoms. The number of aromatic nitrogens is 2. The van der Waals surface area contributed by atoms with Crippen molar-refractivity contribution in [3.8, 4) is 0 Å². The second kappa shape index (κ2) is 5.87. The van der Waals surface area contributed by atoms with E-state index in [4.69, 9.17) is 11.6 Å². The topological polar surface area (TPSA) is 80.5 Å². The smallest absolute Gasteiger partial charge is 0.279 e. The van der Waals surface area contributed by atoms with Gasteiger partial charge in [0.15, 0.2) is 9.86 Å². The Kier molecular flexibility index (Phi) is 4.15. The van der Waals surface area contributed by atoms with Crippen molar-refractivity contribution in [2.45, 2.75) is 25.7 Å². The van der Waals surface area contributed by atoms with Crippen LogP contribution in [0.1, 0.15) is 17.0 Å². The van der Waals surface area contributed by atoms with E-state index in [0.717, 1.165) is 5.56 Å². The van der Waals surface area contributed by atoms with Crippen molar-refractivity contribution in [2.24, 2.45) is 0 Å². The summed E-state index contributed by atoms with van der Waals surface area (Å²) in [5, 5.41) is 2.19. The molecule has 9 heteroatoms. The molecule has 0 saturated carbocycles. The zero-order chi connectivity index (χ0) is 17.6. The minimum atomic E-state index is -4.09. The van der Waals surface area contributed by atoms with Crippen molar-refractivity contribution in [2.75, 3.05) is 4.72 Å². The fourth-order valence-corrected chi connectivity index (χ4v) is 4.72. The highest BCUT2D eigenvalue weighted by atomic mass is 35.5. The number of benzene rings is 1. The zero-order valence-electron chi connectivity index (χ0n) is 13.1. The van der Waals surface area contributed by atoms with E-state index in [1.807, 2.05) is 6.92 Å². The number of anilines is 1. The third-order valence-corrected chi connectivity index (χ3v) is 6.42. The second-order valence-corrected chi connectivity index (χ2v) is 8.26. The van der Waals surface area contributed by atoms with E-state index < -0.39 is 15.6 Å². The van der Waals surface area contributed by atoms with E-state index in [1.54, 1.807) is 24.4 Å². The summed E-state index contributed by atoms with van der Waals surface area (Å²) >= 11 is 7.31. The number of hydrogen-bond acceptors (Lipinski definition) is 5. The Morgan fingerprint density at radius 2 is 1.96 bits per heavy atom. The predicted octanol–water partition coefficient (Wildman–Crippen LogP) is 3.14. The van der Waals surface area contributed by atoms with Gasteiger partial charge in [-0.15, -0.1) is 11.3 Å². The summed E-state index contributed by atoms with van der Waals surface area (Å²) in [6.45, 7) is 5.05. The summed E-state index contributed by atoms with van der Waals surface area (Å²) in [4.78, 5) is 17.0. The lowest BCUT2D eigenvalue weighted by molar-refractivity contribution is 0.598. The Morgan fingerprint density at radius 3 is 2.62 bits per heavy atom. The molecule has 0 fully saturated rings. The minimum absolute atomic E-state index is 0.160. The van der Waals surface area contributed by atoms with Crippen molar-refractivity contribution in [1.29, 1.82) is 0 Å². The molecule has 0 aliphatic rings. The van der Waals surface area contributed by atoms with Crippen LogP contribution < -0.4 is 10.3 Å². The molecule has 0 aliphatic heterocycles. The van der Waals surface area contributed by atoms with Crippen LogP contribution in [0.4, 0.5) is 5.69 Å². The van der Waals surface area contributed by atoms with Crippen LogP contribution in [0.3, 0.4) is 0 Å². The van der Waals surface area contributed by atoms with Crippen molar-refractivity contribution in [1.82, 2.24) is 9.38 Å². The second-order valence-electron chi connectivity index (χ2n) is 5.40. The molecular formula is C15H14ClN3O3S2. The van der Waals surface area contributed by atoms with Gasteiger partial charge in [0.1, 0.15) is 0 Å². The van der Waals surface area contributed by atoms with E-state index in [1.165, 1.54) is 28.7 Å². The normalized spacial score (nSPS) is 11.8. The summed E-state index contributed by atoms with van der Waals surface area (Å²) in [5.74, 6) is 0. The van der Waals surface area contributed by atoms with Gasteiger partial charge < -0.3 is 0 Å². The maximum absolute atomic E-state index is 12.7. The molecule has 3 aromatic rings. The van der Waals surface area contributed by atoms with Crippen LogP contribution in [0, 0.1) is 20.8 Å². The third kappa shape index (κ3) is 2.81. The standard InChI is InChI=1S/C15H14ClN3O3S2/c1-8-4-5-11(6-12(8)16)18-24(21,22)13-10(3)17-15-19(14(13)20)9(2)7-23-15/h4-7,18H,1-3H3. The summed E-state index contributed by atoms with van der Waals surface area (Å²) < 4.78 is 29.1. The maximum Gasteiger partial charge on any atom is 0.279 e. The molecule has 126 valence electrons. The van der Waals surface area contributed by atoms with Crippen molar-refractivity contribution < 1.29 is 8.42 Å². The van der Waals surface area contributed by atoms with Crippen LogP contribution in [-0.4, -0.2) is 17.8 Å². The molecule has 0 amide bonds. The van der Waals surface area contributed by atoms with Crippen molar-refractivity contribution in [3.05, 3.63) is 55.9 Å². The summed E-state index contributed by atoms with van der Waals surface area (Å²) in [6, 6.07) is 4.79. The number of nitrogens with zero attached hydrogens (tertiary/aromatic N) is 2. The highest BCUT2D eigenvalue weighted by Crippen LogP contribution is 2.23. The first kappa shape index (κ1) is 16.9. The van der Waals surface area contributed by atoms with E-state index >= 15 is 0 Å². The van der Waals surface area contributed by atoms with Gasteiger partial charge in [-0.1, -0.05) is 17.7 Å². The Bertz CT molecular complexity index is 1120. The number of sulfonamides is 1. The van der Waals surface area contributed by atoms with E-state index in [-0.39, 0.29) is 16.3 Å². The van der Waals surface area contributed by atoms with E-state index in [0.29, 0.717) is 15.7 Å². The molecular weight excluding hydrogens is 370 g/mol. The Balaban J connectivity index is 2.16. The Morgan fingerprint density at radius 1 is 1.25 bits per heavy atom. The average molecular weight is 384 g/mol. The SMILES string of the molecule is Cc1ccc(NS(=O)(=O)c2c(C)nc3scc(C)n3c2=O)cc1Cl. The molecule has 0 saturated heterocycles. The molecule has 0 atom stereocenters. The molecule has 1 N–H and O–H groups in total. The van der Waals surface area contributed by atoms with Gasteiger partial charge in [0, 0.05) is 16.1 Å². The molecule has 2 heterocycles. The van der Waals surface area contributed by atoms with Gasteiger partial charge in [0.25, 0.3) is 15.6 Å². The Hall–Kier alpha value is -1.90. The molecule has 0 radical (unpaired) electrons. The molecule has 2 aromatic heterocycles. The number of fused-ring (bicyclic) bond motifs is 1. The molecule has 0 bridgehead atoms. The molecule has 1 aromatic carbocycles. The number of thiazole rings is 1. The van der Waals surface area contributed by atoms with E-state index in [2.05, 4.69) is 9.71 Å². The van der Waals surface area contributed by atoms with Crippen LogP contribution in [0.5, 0.6) is 0 Å². The zero-order valence-corrected chi connectivity index (χ0v) is 15.5. The molecule has 3 rings (SSSR count). The van der Waals surface area contributed by atoms with Gasteiger partial charge in [0.05, 0.1) is 11.4 Å². The Labute approximate surface area is 147 Å². The number of halogens is 1. The maximum atomic E-state index is 12.7. The highest BCUT2D eigenvalue weighted by molar-refractivity contribution is 7.92. The molecule has 0 aliphatic carbocycles. The third-order valence-electron chi connectivity index (χ3n) is 3.56. The molecule has 0 unspecified atom stereocenters. The number of rotatable bonds is 3. The summed E-state index contributed by atoms with van der Waals surface area (Å²) in [7, 11) is -4.09. The number of nitrogens with one attached hydrogen (secondary N) is 1. The van der Waals surface area contributed by atoms with Crippen molar-refractivity contribution >= 4 is 43.6 Å². The first-order valence-corrected chi connectivity index (χ1v) is 9.71. The van der Waals surface area contributed by atoms with Gasteiger partial charge in [-0.2, -0.15) is 0 Å². The van der Waals surface area contributed by atoms with Crippen LogP contribution in [0.15, 0.2) is 33.3 Å². The lowest BCUT2D eigenvalue weighted by Crippen LogP contribution is -2.28. The highest BCUT2D eigenvalue weighted by Gasteiger charge is 2.25. The monoisotopic (exact) mass is 383 g/mol. The van der Waals surface area contributed by atoms with Crippen LogP contribution >= 0.6 is 22.9 Å². The lowest BCUT2D eigenvalue weighted by Gasteiger charge is -2.11.